The summed E-state index contributed by atoms with van der Waals surface area (Å²) in [5.74, 6) is 0.435. The predicted molar refractivity (Wildman–Crippen MR) is 73.1 cm³/mol. The van der Waals surface area contributed by atoms with Gasteiger partial charge in [0.05, 0.1) is 5.57 Å². The first kappa shape index (κ1) is 14.1. The van der Waals surface area contributed by atoms with Gasteiger partial charge in [-0.3, -0.25) is 4.79 Å². The van der Waals surface area contributed by atoms with Crippen LogP contribution in [-0.2, 0) is 14.6 Å². The van der Waals surface area contributed by atoms with Crippen molar-refractivity contribution in [2.75, 3.05) is 6.61 Å². The first-order chi connectivity index (χ1) is 9.11. The molecule has 0 atom stereocenters. The van der Waals surface area contributed by atoms with Crippen LogP contribution in [0.3, 0.4) is 0 Å². The van der Waals surface area contributed by atoms with E-state index in [4.69, 9.17) is 9.78 Å². The van der Waals surface area contributed by atoms with Gasteiger partial charge in [-0.2, -0.15) is 4.89 Å². The van der Waals surface area contributed by atoms with E-state index >= 15 is 0 Å². The van der Waals surface area contributed by atoms with Crippen LogP contribution in [0, 0.1) is 0 Å². The minimum Gasteiger partial charge on any atom is -0.337 e. The van der Waals surface area contributed by atoms with E-state index in [-0.39, 0.29) is 11.9 Å². The van der Waals surface area contributed by atoms with Crippen LogP contribution in [0.1, 0.15) is 46.0 Å². The van der Waals surface area contributed by atoms with Crippen molar-refractivity contribution < 1.29 is 14.6 Å². The molecule has 0 aromatic carbocycles. The van der Waals surface area contributed by atoms with Crippen molar-refractivity contribution in [2.45, 2.75) is 58.0 Å². The monoisotopic (exact) mass is 265 g/mol. The van der Waals surface area contributed by atoms with Crippen LogP contribution in [0.2, 0.25) is 0 Å². The van der Waals surface area contributed by atoms with Crippen LogP contribution in [0.5, 0.6) is 0 Å². The summed E-state index contributed by atoms with van der Waals surface area (Å²) in [5, 5.41) is 0. The molecule has 4 nitrogen and oxygen atoms in total. The van der Waals surface area contributed by atoms with Gasteiger partial charge in [0.25, 0.3) is 5.91 Å². The van der Waals surface area contributed by atoms with Gasteiger partial charge in [-0.15, -0.1) is 0 Å². The smallest absolute Gasteiger partial charge is 0.257 e. The molecule has 1 fully saturated rings. The minimum absolute atomic E-state index is 0.0290. The van der Waals surface area contributed by atoms with Gasteiger partial charge in [0, 0.05) is 12.1 Å². The Balaban J connectivity index is 2.09. The third-order valence-electron chi connectivity index (χ3n) is 3.80. The topological polar surface area (TPSA) is 38.8 Å². The fourth-order valence-corrected chi connectivity index (χ4v) is 2.86. The lowest BCUT2D eigenvalue weighted by molar-refractivity contribution is -0.231. The molecule has 19 heavy (non-hydrogen) atoms. The molecule has 1 amide bonds. The highest BCUT2D eigenvalue weighted by Gasteiger charge is 2.31. The molecule has 1 heterocycles. The van der Waals surface area contributed by atoms with Crippen molar-refractivity contribution in [1.82, 2.24) is 4.90 Å². The number of carbonyl (C=O) groups is 1. The third kappa shape index (κ3) is 3.18. The first-order valence-electron chi connectivity index (χ1n) is 7.13. The van der Waals surface area contributed by atoms with Crippen LogP contribution in [0.4, 0.5) is 0 Å². The first-order valence-corrected chi connectivity index (χ1v) is 7.13. The van der Waals surface area contributed by atoms with Gasteiger partial charge in [-0.05, 0) is 32.8 Å². The molecule has 0 spiro atoms. The van der Waals surface area contributed by atoms with Gasteiger partial charge in [0.15, 0.2) is 5.76 Å². The van der Waals surface area contributed by atoms with Gasteiger partial charge in [-0.1, -0.05) is 25.8 Å². The Hall–Kier alpha value is -1.29. The van der Waals surface area contributed by atoms with Crippen molar-refractivity contribution in [3.05, 3.63) is 24.0 Å². The van der Waals surface area contributed by atoms with E-state index in [0.717, 1.165) is 12.8 Å². The van der Waals surface area contributed by atoms with Crippen LogP contribution in [0.15, 0.2) is 24.0 Å². The highest BCUT2D eigenvalue weighted by molar-refractivity contribution is 5.97. The molecule has 2 rings (SSSR count). The lowest BCUT2D eigenvalue weighted by atomic mass is 9.92. The number of carbonyl (C=O) groups excluding carboxylic acids is 1. The molecule has 0 aromatic heterocycles. The summed E-state index contributed by atoms with van der Waals surface area (Å²) in [6, 6.07) is 0.510. The standard InChI is InChI=1S/C15H23NO3/c1-11(2)16(13-7-5-4-6-8-13)15(17)12(3)14-9-10-18-19-14/h9,11,13H,3-8,10H2,1-2H3. The third-order valence-corrected chi connectivity index (χ3v) is 3.80. The maximum atomic E-state index is 12.6. The fraction of sp³-hybridized carbons (Fsp3) is 0.667. The fourth-order valence-electron chi connectivity index (χ4n) is 2.86. The van der Waals surface area contributed by atoms with Crippen LogP contribution < -0.4 is 0 Å². The molecule has 0 saturated heterocycles. The van der Waals surface area contributed by atoms with Crippen molar-refractivity contribution in [1.29, 1.82) is 0 Å². The van der Waals surface area contributed by atoms with Crippen LogP contribution in [-0.4, -0.2) is 29.5 Å². The normalized spacial score (nSPS) is 20.1. The Bertz CT molecular complexity index is 381. The number of hydrogen-bond acceptors (Lipinski definition) is 3. The van der Waals surface area contributed by atoms with E-state index in [0.29, 0.717) is 24.0 Å². The Morgan fingerprint density at radius 2 is 2.05 bits per heavy atom. The van der Waals surface area contributed by atoms with Gasteiger partial charge >= 0.3 is 0 Å². The zero-order valence-corrected chi connectivity index (χ0v) is 11.9. The molecule has 4 heteroatoms. The Morgan fingerprint density at radius 1 is 1.37 bits per heavy atom. The lowest BCUT2D eigenvalue weighted by Gasteiger charge is -2.37. The van der Waals surface area contributed by atoms with Gasteiger partial charge in [0.1, 0.15) is 6.61 Å². The molecule has 0 aromatic rings. The predicted octanol–water partition coefficient (Wildman–Crippen LogP) is 2.96. The molecule has 0 unspecified atom stereocenters. The summed E-state index contributed by atoms with van der Waals surface area (Å²) in [6.07, 6.45) is 7.62. The van der Waals surface area contributed by atoms with Gasteiger partial charge < -0.3 is 9.79 Å². The second-order valence-electron chi connectivity index (χ2n) is 5.51. The summed E-state index contributed by atoms with van der Waals surface area (Å²) in [7, 11) is 0. The summed E-state index contributed by atoms with van der Waals surface area (Å²) in [5.41, 5.74) is 0.400. The van der Waals surface area contributed by atoms with Crippen molar-refractivity contribution in [2.24, 2.45) is 0 Å². The molecule has 1 aliphatic heterocycles. The number of amides is 1. The molecular weight excluding hydrogens is 242 g/mol. The highest BCUT2D eigenvalue weighted by atomic mass is 17.2. The maximum Gasteiger partial charge on any atom is 0.257 e. The van der Waals surface area contributed by atoms with E-state index in [1.54, 1.807) is 6.08 Å². The summed E-state index contributed by atoms with van der Waals surface area (Å²) in [6.45, 7) is 8.36. The van der Waals surface area contributed by atoms with E-state index in [9.17, 15) is 4.79 Å². The number of nitrogens with zero attached hydrogens (tertiary/aromatic N) is 1. The largest absolute Gasteiger partial charge is 0.337 e. The summed E-state index contributed by atoms with van der Waals surface area (Å²) < 4.78 is 0. The number of hydrogen-bond donors (Lipinski definition) is 0. The molecule has 1 saturated carbocycles. The molecule has 2 aliphatic rings. The van der Waals surface area contributed by atoms with Crippen molar-refractivity contribution >= 4 is 5.91 Å². The second kappa shape index (κ2) is 6.24. The van der Waals surface area contributed by atoms with Crippen LogP contribution in [0.25, 0.3) is 0 Å². The molecule has 0 bridgehead atoms. The van der Waals surface area contributed by atoms with E-state index in [1.165, 1.54) is 19.3 Å². The average molecular weight is 265 g/mol. The maximum absolute atomic E-state index is 12.6. The lowest BCUT2D eigenvalue weighted by Crippen LogP contribution is -2.46. The summed E-state index contributed by atoms with van der Waals surface area (Å²) in [4.78, 5) is 24.3. The SMILES string of the molecule is C=C(C(=O)N(C(C)C)C1CCCCC1)C1=CCOO1. The second-order valence-corrected chi connectivity index (χ2v) is 5.51. The van der Waals surface area contributed by atoms with E-state index in [2.05, 4.69) is 20.4 Å². The van der Waals surface area contributed by atoms with Crippen molar-refractivity contribution in [3.8, 4) is 0 Å². The molecule has 106 valence electrons. The Labute approximate surface area is 115 Å². The zero-order chi connectivity index (χ0) is 13.8. The molecule has 0 radical (unpaired) electrons. The molecular formula is C15H23NO3. The van der Waals surface area contributed by atoms with E-state index in [1.807, 2.05) is 4.90 Å². The average Bonchev–Trinajstić information content (AvgIpc) is 2.92. The van der Waals surface area contributed by atoms with Crippen molar-refractivity contribution in [3.63, 3.8) is 0 Å². The van der Waals surface area contributed by atoms with E-state index < -0.39 is 0 Å². The Kier molecular flexibility index (Phi) is 4.64. The van der Waals surface area contributed by atoms with Gasteiger partial charge in [-0.25, -0.2) is 0 Å². The van der Waals surface area contributed by atoms with Gasteiger partial charge in [0.2, 0.25) is 0 Å². The zero-order valence-electron chi connectivity index (χ0n) is 11.9. The quantitative estimate of drug-likeness (QED) is 0.579. The molecule has 1 aliphatic carbocycles. The molecule has 0 N–H and O–H groups in total. The number of rotatable bonds is 4. The van der Waals surface area contributed by atoms with Crippen LogP contribution >= 0.6 is 0 Å². The highest BCUT2D eigenvalue weighted by Crippen LogP contribution is 2.27. The minimum atomic E-state index is -0.0290. The Morgan fingerprint density at radius 3 is 2.58 bits per heavy atom. The summed E-state index contributed by atoms with van der Waals surface area (Å²) >= 11 is 0.